The van der Waals surface area contributed by atoms with E-state index >= 15 is 0 Å². The number of nitrogens with two attached hydrogens (primary N) is 1. The molecule has 0 aromatic carbocycles. The summed E-state index contributed by atoms with van der Waals surface area (Å²) < 4.78 is 47.5. The van der Waals surface area contributed by atoms with Crippen LogP contribution in [0.2, 0.25) is 0 Å². The number of halogens is 2. The first-order chi connectivity index (χ1) is 8.18. The minimum atomic E-state index is -4.64. The fourth-order valence-electron chi connectivity index (χ4n) is 1.16. The van der Waals surface area contributed by atoms with Gasteiger partial charge in [0.05, 0.1) is 0 Å². The molecule has 11 heteroatoms. The number of hydrogen-bond donors (Lipinski definition) is 1. The third-order valence-electron chi connectivity index (χ3n) is 1.81. The number of pyridine rings is 1. The summed E-state index contributed by atoms with van der Waals surface area (Å²) in [6.07, 6.45) is -3.47. The summed E-state index contributed by atoms with van der Waals surface area (Å²) in [7, 11) is -4.64. The highest BCUT2D eigenvalue weighted by Gasteiger charge is 2.33. The summed E-state index contributed by atoms with van der Waals surface area (Å²) in [5, 5.41) is 23.7. The molecular formula is C7H4F2N4O4S. The number of aromatic nitrogens is 1. The van der Waals surface area contributed by atoms with Crippen molar-refractivity contribution in [2.75, 3.05) is 0 Å². The molecule has 1 heterocycles. The first-order valence-corrected chi connectivity index (χ1v) is 5.63. The Morgan fingerprint density at radius 1 is 1.56 bits per heavy atom. The third-order valence-corrected chi connectivity index (χ3v) is 2.76. The zero-order chi connectivity index (χ0) is 14.1. The summed E-state index contributed by atoms with van der Waals surface area (Å²) in [5.74, 6) is -1.41. The van der Waals surface area contributed by atoms with Gasteiger partial charge in [0.25, 0.3) is 12.1 Å². The van der Waals surface area contributed by atoms with Crippen LogP contribution in [-0.4, -0.2) is 18.3 Å². The van der Waals surface area contributed by atoms with Crippen molar-refractivity contribution in [1.29, 1.82) is 5.26 Å². The average molecular weight is 278 g/mol. The number of alkyl halides is 2. The van der Waals surface area contributed by atoms with Crippen LogP contribution in [0.3, 0.4) is 0 Å². The molecule has 0 radical (unpaired) electrons. The molecular weight excluding hydrogens is 274 g/mol. The molecule has 0 saturated heterocycles. The lowest BCUT2D eigenvalue weighted by atomic mass is 10.2. The van der Waals surface area contributed by atoms with Crippen LogP contribution in [0.5, 0.6) is 0 Å². The predicted octanol–water partition coefficient (Wildman–Crippen LogP) is 0.446. The largest absolute Gasteiger partial charge is 0.375 e. The van der Waals surface area contributed by atoms with Crippen molar-refractivity contribution >= 4 is 15.8 Å². The van der Waals surface area contributed by atoms with E-state index in [0.29, 0.717) is 6.07 Å². The Morgan fingerprint density at radius 3 is 2.44 bits per heavy atom. The van der Waals surface area contributed by atoms with Gasteiger partial charge in [0.1, 0.15) is 16.5 Å². The van der Waals surface area contributed by atoms with E-state index in [0.717, 1.165) is 0 Å². The van der Waals surface area contributed by atoms with E-state index in [1.165, 1.54) is 6.07 Å². The Bertz CT molecular complexity index is 652. The van der Waals surface area contributed by atoms with Crippen LogP contribution in [0.25, 0.3) is 0 Å². The highest BCUT2D eigenvalue weighted by molar-refractivity contribution is 7.89. The van der Waals surface area contributed by atoms with Crippen molar-refractivity contribution < 1.29 is 22.1 Å². The van der Waals surface area contributed by atoms with E-state index in [9.17, 15) is 27.3 Å². The third kappa shape index (κ3) is 2.55. The van der Waals surface area contributed by atoms with E-state index in [2.05, 4.69) is 10.1 Å². The van der Waals surface area contributed by atoms with Gasteiger partial charge in [-0.15, -0.1) is 0 Å². The van der Waals surface area contributed by atoms with Crippen LogP contribution >= 0.6 is 0 Å². The number of nitrogens with zero attached hydrogens (tertiary/aromatic N) is 3. The molecule has 0 aliphatic heterocycles. The van der Waals surface area contributed by atoms with Crippen molar-refractivity contribution in [3.05, 3.63) is 27.4 Å². The van der Waals surface area contributed by atoms with Crippen LogP contribution in [0.4, 0.5) is 14.6 Å². The van der Waals surface area contributed by atoms with E-state index < -0.39 is 43.3 Å². The van der Waals surface area contributed by atoms with Crippen LogP contribution in [0.1, 0.15) is 17.7 Å². The van der Waals surface area contributed by atoms with Gasteiger partial charge in [-0.3, -0.25) is 0 Å². The number of nitro groups is 1. The molecule has 1 aromatic heterocycles. The lowest BCUT2D eigenvalue weighted by Crippen LogP contribution is -2.17. The fraction of sp³-hybridized carbons (Fsp3) is 0.143. The molecule has 0 aliphatic rings. The lowest BCUT2D eigenvalue weighted by Gasteiger charge is -2.06. The van der Waals surface area contributed by atoms with Gasteiger partial charge in [-0.05, 0) is 9.91 Å². The van der Waals surface area contributed by atoms with E-state index in [4.69, 9.17) is 5.26 Å². The van der Waals surface area contributed by atoms with Crippen molar-refractivity contribution in [2.24, 2.45) is 5.14 Å². The molecule has 0 aliphatic carbocycles. The zero-order valence-electron chi connectivity index (χ0n) is 8.37. The van der Waals surface area contributed by atoms with Gasteiger partial charge in [-0.2, -0.15) is 5.26 Å². The first-order valence-electron chi connectivity index (χ1n) is 4.09. The van der Waals surface area contributed by atoms with Gasteiger partial charge in [0.15, 0.2) is 0 Å². The topological polar surface area (TPSA) is 140 Å². The Hall–Kier alpha value is -2.19. The summed E-state index contributed by atoms with van der Waals surface area (Å²) >= 11 is 0. The van der Waals surface area contributed by atoms with Gasteiger partial charge < -0.3 is 10.1 Å². The summed E-state index contributed by atoms with van der Waals surface area (Å²) in [6.45, 7) is 0. The second kappa shape index (κ2) is 4.59. The maximum atomic E-state index is 12.7. The molecule has 0 atom stereocenters. The quantitative estimate of drug-likeness (QED) is 0.628. The van der Waals surface area contributed by atoms with E-state index in [-0.39, 0.29) is 0 Å². The Labute approximate surface area is 98.9 Å². The molecule has 8 nitrogen and oxygen atoms in total. The molecule has 0 amide bonds. The van der Waals surface area contributed by atoms with Crippen molar-refractivity contribution in [1.82, 2.24) is 4.98 Å². The normalized spacial score (nSPS) is 11.3. The van der Waals surface area contributed by atoms with Crippen molar-refractivity contribution in [3.8, 4) is 6.07 Å². The van der Waals surface area contributed by atoms with Gasteiger partial charge >= 0.3 is 5.82 Å². The number of sulfonamides is 1. The molecule has 0 unspecified atom stereocenters. The van der Waals surface area contributed by atoms with Gasteiger partial charge in [0.2, 0.25) is 10.0 Å². The van der Waals surface area contributed by atoms with Crippen LogP contribution in [-0.2, 0) is 10.0 Å². The molecule has 18 heavy (non-hydrogen) atoms. The molecule has 96 valence electrons. The maximum absolute atomic E-state index is 12.7. The zero-order valence-corrected chi connectivity index (χ0v) is 9.19. The summed E-state index contributed by atoms with van der Waals surface area (Å²) in [5.41, 5.74) is -2.13. The SMILES string of the molecule is N#Cc1cc(S(N)(=O)=O)c(C(F)F)c([N+](=O)[O-])n1. The second-order valence-electron chi connectivity index (χ2n) is 2.96. The van der Waals surface area contributed by atoms with Gasteiger partial charge in [0, 0.05) is 6.07 Å². The molecule has 1 rings (SSSR count). The van der Waals surface area contributed by atoms with Gasteiger partial charge in [-0.1, -0.05) is 0 Å². The van der Waals surface area contributed by atoms with Crippen molar-refractivity contribution in [3.63, 3.8) is 0 Å². The fourth-order valence-corrected chi connectivity index (χ4v) is 1.92. The Kier molecular flexibility index (Phi) is 3.54. The monoisotopic (exact) mass is 278 g/mol. The highest BCUT2D eigenvalue weighted by atomic mass is 32.2. The van der Waals surface area contributed by atoms with Crippen LogP contribution in [0.15, 0.2) is 11.0 Å². The van der Waals surface area contributed by atoms with Crippen LogP contribution in [0, 0.1) is 21.4 Å². The number of hydrogen-bond acceptors (Lipinski definition) is 6. The summed E-state index contributed by atoms with van der Waals surface area (Å²) in [4.78, 5) is 11.1. The van der Waals surface area contributed by atoms with Crippen molar-refractivity contribution in [2.45, 2.75) is 11.3 Å². The molecule has 0 saturated carbocycles. The number of primary sulfonamides is 1. The minimum Gasteiger partial charge on any atom is -0.358 e. The molecule has 0 fully saturated rings. The average Bonchev–Trinajstić information content (AvgIpc) is 2.25. The minimum absolute atomic E-state index is 0.462. The lowest BCUT2D eigenvalue weighted by molar-refractivity contribution is -0.391. The standard InChI is InChI=1S/C7H4F2N4O4S/c8-6(9)5-4(18(11,16)17)1-3(2-10)12-7(5)13(14)15/h1,6H,(H2,11,16,17). The number of rotatable bonds is 3. The predicted molar refractivity (Wildman–Crippen MR) is 51.9 cm³/mol. The van der Waals surface area contributed by atoms with E-state index in [1.807, 2.05) is 0 Å². The molecule has 2 N–H and O–H groups in total. The molecule has 0 bridgehead atoms. The Balaban J connectivity index is 3.85. The second-order valence-corrected chi connectivity index (χ2v) is 4.49. The smallest absolute Gasteiger partial charge is 0.358 e. The van der Waals surface area contributed by atoms with E-state index in [1.54, 1.807) is 0 Å². The van der Waals surface area contributed by atoms with Crippen LogP contribution < -0.4 is 5.14 Å². The first kappa shape index (κ1) is 13.9. The molecule has 1 aromatic rings. The molecule has 0 spiro atoms. The summed E-state index contributed by atoms with van der Waals surface area (Å²) in [6, 6.07) is 1.78. The highest BCUT2D eigenvalue weighted by Crippen LogP contribution is 2.33. The number of nitriles is 1. The Morgan fingerprint density at radius 2 is 2.11 bits per heavy atom. The van der Waals surface area contributed by atoms with Gasteiger partial charge in [-0.25, -0.2) is 22.3 Å². The maximum Gasteiger partial charge on any atom is 0.375 e.